The van der Waals surface area contributed by atoms with Crippen LogP contribution in [-0.4, -0.2) is 28.4 Å². The Labute approximate surface area is 88.3 Å². The molecule has 0 aliphatic carbocycles. The van der Waals surface area contributed by atoms with Gasteiger partial charge in [0, 0.05) is 25.0 Å². The molecule has 0 saturated heterocycles. The van der Waals surface area contributed by atoms with E-state index in [4.69, 9.17) is 0 Å². The summed E-state index contributed by atoms with van der Waals surface area (Å²) in [6.45, 7) is -0.143. The summed E-state index contributed by atoms with van der Waals surface area (Å²) >= 11 is 0. The van der Waals surface area contributed by atoms with Gasteiger partial charge in [0.25, 0.3) is 11.5 Å². The third-order valence-corrected chi connectivity index (χ3v) is 1.62. The lowest BCUT2D eigenvalue weighted by Crippen LogP contribution is -2.34. The Morgan fingerprint density at radius 3 is 2.56 bits per heavy atom. The standard InChI is InChI=1S/C8H9N3O5/c12-5-3-4(10-8(16)11-5)7(15)9-2-1-6(13)14/h3H,1-2H2,(H,9,15)(H,13,14)(H2,10,11,12,16)/p-1. The van der Waals surface area contributed by atoms with Gasteiger partial charge in [-0.05, 0) is 0 Å². The van der Waals surface area contributed by atoms with Crippen LogP contribution in [0.4, 0.5) is 0 Å². The van der Waals surface area contributed by atoms with Crippen LogP contribution in [0.1, 0.15) is 16.9 Å². The van der Waals surface area contributed by atoms with Gasteiger partial charge in [-0.3, -0.25) is 14.6 Å². The first kappa shape index (κ1) is 11.7. The molecule has 8 heteroatoms. The highest BCUT2D eigenvalue weighted by atomic mass is 16.4. The molecule has 0 aromatic carbocycles. The molecule has 16 heavy (non-hydrogen) atoms. The fourth-order valence-corrected chi connectivity index (χ4v) is 0.964. The van der Waals surface area contributed by atoms with Crippen molar-refractivity contribution in [1.29, 1.82) is 0 Å². The SMILES string of the molecule is O=C([O-])CCNC(=O)c1cc(=O)[nH]c(=O)[nH]1. The van der Waals surface area contributed by atoms with Crippen LogP contribution in [0, 0.1) is 0 Å². The summed E-state index contributed by atoms with van der Waals surface area (Å²) < 4.78 is 0. The van der Waals surface area contributed by atoms with Gasteiger partial charge in [-0.15, -0.1) is 0 Å². The molecule has 0 bridgehead atoms. The van der Waals surface area contributed by atoms with Crippen molar-refractivity contribution in [3.05, 3.63) is 32.6 Å². The van der Waals surface area contributed by atoms with Crippen molar-refractivity contribution in [2.45, 2.75) is 6.42 Å². The zero-order chi connectivity index (χ0) is 12.1. The number of aromatic nitrogens is 2. The van der Waals surface area contributed by atoms with E-state index in [0.29, 0.717) is 0 Å². The fourth-order valence-electron chi connectivity index (χ4n) is 0.964. The zero-order valence-corrected chi connectivity index (χ0v) is 8.03. The second-order valence-electron chi connectivity index (χ2n) is 2.88. The molecule has 3 N–H and O–H groups in total. The van der Waals surface area contributed by atoms with E-state index in [9.17, 15) is 24.3 Å². The van der Waals surface area contributed by atoms with Crippen LogP contribution in [0.3, 0.4) is 0 Å². The van der Waals surface area contributed by atoms with E-state index in [1.807, 2.05) is 4.98 Å². The van der Waals surface area contributed by atoms with Crippen LogP contribution < -0.4 is 21.7 Å². The lowest BCUT2D eigenvalue weighted by atomic mass is 10.3. The monoisotopic (exact) mass is 226 g/mol. The highest BCUT2D eigenvalue weighted by Crippen LogP contribution is 1.85. The second-order valence-corrected chi connectivity index (χ2v) is 2.88. The minimum atomic E-state index is -1.31. The molecule has 0 unspecified atom stereocenters. The predicted octanol–water partition coefficient (Wildman–Crippen LogP) is -3.07. The third kappa shape index (κ3) is 3.40. The van der Waals surface area contributed by atoms with Crippen LogP contribution in [-0.2, 0) is 4.79 Å². The molecule has 86 valence electrons. The average molecular weight is 226 g/mol. The molecular weight excluding hydrogens is 218 g/mol. The fraction of sp³-hybridized carbons (Fsp3) is 0.250. The molecule has 0 saturated carbocycles. The predicted molar refractivity (Wildman–Crippen MR) is 49.6 cm³/mol. The number of carbonyl (C=O) groups excluding carboxylic acids is 2. The van der Waals surface area contributed by atoms with Crippen molar-refractivity contribution in [3.63, 3.8) is 0 Å². The zero-order valence-electron chi connectivity index (χ0n) is 8.03. The minimum absolute atomic E-state index is 0.143. The highest BCUT2D eigenvalue weighted by molar-refractivity contribution is 5.92. The van der Waals surface area contributed by atoms with E-state index < -0.39 is 23.1 Å². The number of hydrogen-bond donors (Lipinski definition) is 3. The molecule has 0 fully saturated rings. The summed E-state index contributed by atoms with van der Waals surface area (Å²) in [6, 6.07) is 0.899. The number of nitrogens with one attached hydrogen (secondary N) is 3. The summed E-state index contributed by atoms with van der Waals surface area (Å²) in [5.41, 5.74) is -1.75. The van der Waals surface area contributed by atoms with Gasteiger partial charge in [-0.1, -0.05) is 0 Å². The first-order valence-corrected chi connectivity index (χ1v) is 4.31. The highest BCUT2D eigenvalue weighted by Gasteiger charge is 2.06. The molecule has 0 atom stereocenters. The number of aromatic amines is 2. The van der Waals surface area contributed by atoms with Crippen LogP contribution in [0.15, 0.2) is 15.7 Å². The molecule has 0 aliphatic heterocycles. The van der Waals surface area contributed by atoms with E-state index in [1.165, 1.54) is 0 Å². The number of rotatable bonds is 4. The maximum Gasteiger partial charge on any atom is 0.326 e. The van der Waals surface area contributed by atoms with E-state index >= 15 is 0 Å². The lowest BCUT2D eigenvalue weighted by molar-refractivity contribution is -0.305. The van der Waals surface area contributed by atoms with E-state index in [0.717, 1.165) is 6.07 Å². The number of carboxylic acid groups (broad SMARTS) is 1. The van der Waals surface area contributed by atoms with Crippen molar-refractivity contribution in [1.82, 2.24) is 15.3 Å². The number of hydrogen-bond acceptors (Lipinski definition) is 5. The van der Waals surface area contributed by atoms with Crippen LogP contribution in [0.5, 0.6) is 0 Å². The first-order valence-electron chi connectivity index (χ1n) is 4.31. The summed E-state index contributed by atoms with van der Waals surface area (Å²) in [5, 5.41) is 12.3. The van der Waals surface area contributed by atoms with Crippen molar-refractivity contribution in [2.24, 2.45) is 0 Å². The van der Waals surface area contributed by atoms with Crippen molar-refractivity contribution < 1.29 is 14.7 Å². The van der Waals surface area contributed by atoms with Gasteiger partial charge in [0.2, 0.25) is 0 Å². The van der Waals surface area contributed by atoms with Gasteiger partial charge in [-0.2, -0.15) is 0 Å². The quantitative estimate of drug-likeness (QED) is 0.500. The Bertz CT molecular complexity index is 487. The molecule has 0 spiro atoms. The Morgan fingerprint density at radius 2 is 2.00 bits per heavy atom. The van der Waals surface area contributed by atoms with Crippen molar-refractivity contribution in [2.75, 3.05) is 6.54 Å². The topological polar surface area (TPSA) is 135 Å². The first-order chi connectivity index (χ1) is 7.49. The van der Waals surface area contributed by atoms with Gasteiger partial charge in [0.05, 0.1) is 0 Å². The second kappa shape index (κ2) is 4.91. The van der Waals surface area contributed by atoms with Gasteiger partial charge in [0.15, 0.2) is 0 Å². The summed E-state index contributed by atoms with van der Waals surface area (Å²) in [5.74, 6) is -2.04. The van der Waals surface area contributed by atoms with Gasteiger partial charge in [0.1, 0.15) is 5.69 Å². The molecular formula is C8H8N3O5-. The minimum Gasteiger partial charge on any atom is -0.550 e. The Morgan fingerprint density at radius 1 is 1.31 bits per heavy atom. The third-order valence-electron chi connectivity index (χ3n) is 1.62. The molecule has 1 aromatic heterocycles. The Kier molecular flexibility index (Phi) is 3.59. The molecule has 0 aliphatic rings. The van der Waals surface area contributed by atoms with Gasteiger partial charge in [-0.25, -0.2) is 4.79 Å². The largest absolute Gasteiger partial charge is 0.550 e. The van der Waals surface area contributed by atoms with E-state index in [2.05, 4.69) is 10.3 Å². The number of amides is 1. The van der Waals surface area contributed by atoms with Crippen LogP contribution in [0.25, 0.3) is 0 Å². The average Bonchev–Trinajstić information content (AvgIpc) is 2.15. The molecule has 0 radical (unpaired) electrons. The molecule has 1 heterocycles. The summed E-state index contributed by atoms with van der Waals surface area (Å²) in [6.07, 6.45) is -0.348. The molecule has 1 aromatic rings. The van der Waals surface area contributed by atoms with Crippen molar-refractivity contribution in [3.8, 4) is 0 Å². The van der Waals surface area contributed by atoms with Gasteiger partial charge < -0.3 is 20.2 Å². The normalized spacial score (nSPS) is 9.75. The maximum absolute atomic E-state index is 11.3. The van der Waals surface area contributed by atoms with Crippen LogP contribution >= 0.6 is 0 Å². The van der Waals surface area contributed by atoms with E-state index in [-0.39, 0.29) is 18.7 Å². The number of aliphatic carboxylic acids is 1. The summed E-state index contributed by atoms with van der Waals surface area (Å²) in [4.78, 5) is 47.0. The van der Waals surface area contributed by atoms with E-state index in [1.54, 1.807) is 0 Å². The number of carbonyl (C=O) groups is 2. The molecule has 8 nitrogen and oxygen atoms in total. The number of carboxylic acids is 1. The summed E-state index contributed by atoms with van der Waals surface area (Å²) in [7, 11) is 0. The van der Waals surface area contributed by atoms with Crippen molar-refractivity contribution >= 4 is 11.9 Å². The van der Waals surface area contributed by atoms with Gasteiger partial charge >= 0.3 is 5.69 Å². The lowest BCUT2D eigenvalue weighted by Gasteiger charge is -2.04. The Hall–Kier alpha value is -2.38. The smallest absolute Gasteiger partial charge is 0.326 e. The Balaban J connectivity index is 2.70. The molecule has 1 amide bonds. The maximum atomic E-state index is 11.3. The van der Waals surface area contributed by atoms with Crippen LogP contribution in [0.2, 0.25) is 0 Å². The number of H-pyrrole nitrogens is 2. The molecule has 1 rings (SSSR count).